The molecule has 0 aromatic heterocycles. The average Bonchev–Trinajstić information content (AvgIpc) is 3.07. The third-order valence-electron chi connectivity index (χ3n) is 3.75. The number of carbonyl (C=O) groups excluding carboxylic acids is 1. The SMILES string of the molecule is COC=O.Cc1ccc(OCc2ccccc2)c(CC2=NC(C)CO2)c1. The minimum atomic E-state index is 0.258. The first-order valence-corrected chi connectivity index (χ1v) is 8.54. The molecule has 1 heterocycles. The van der Waals surface area contributed by atoms with E-state index in [0.717, 1.165) is 22.8 Å². The summed E-state index contributed by atoms with van der Waals surface area (Å²) in [5.41, 5.74) is 3.51. The highest BCUT2D eigenvalue weighted by atomic mass is 16.5. The van der Waals surface area contributed by atoms with Gasteiger partial charge in [0.2, 0.25) is 0 Å². The zero-order valence-corrected chi connectivity index (χ0v) is 15.5. The lowest BCUT2D eigenvalue weighted by atomic mass is 10.1. The van der Waals surface area contributed by atoms with E-state index in [1.807, 2.05) is 24.3 Å². The van der Waals surface area contributed by atoms with Gasteiger partial charge in [-0.15, -0.1) is 0 Å². The summed E-state index contributed by atoms with van der Waals surface area (Å²) >= 11 is 0. The van der Waals surface area contributed by atoms with Crippen LogP contribution in [-0.2, 0) is 27.3 Å². The largest absolute Gasteiger partial charge is 0.489 e. The number of hydrogen-bond acceptors (Lipinski definition) is 5. The summed E-state index contributed by atoms with van der Waals surface area (Å²) in [6.07, 6.45) is 0.691. The summed E-state index contributed by atoms with van der Waals surface area (Å²) in [6, 6.07) is 16.7. The minimum Gasteiger partial charge on any atom is -0.489 e. The molecule has 0 spiro atoms. The Kier molecular flexibility index (Phi) is 7.68. The Balaban J connectivity index is 0.000000552. The molecule has 0 N–H and O–H groups in total. The summed E-state index contributed by atoms with van der Waals surface area (Å²) in [5.74, 6) is 1.71. The lowest BCUT2D eigenvalue weighted by Gasteiger charge is -2.12. The Morgan fingerprint density at radius 1 is 1.23 bits per heavy atom. The van der Waals surface area contributed by atoms with Crippen LogP contribution in [0.25, 0.3) is 0 Å². The molecule has 1 aliphatic heterocycles. The van der Waals surface area contributed by atoms with E-state index in [1.54, 1.807) is 0 Å². The minimum absolute atomic E-state index is 0.258. The van der Waals surface area contributed by atoms with Crippen LogP contribution in [0.4, 0.5) is 0 Å². The quantitative estimate of drug-likeness (QED) is 0.741. The van der Waals surface area contributed by atoms with E-state index in [4.69, 9.17) is 14.3 Å². The van der Waals surface area contributed by atoms with Crippen molar-refractivity contribution < 1.29 is 19.0 Å². The van der Waals surface area contributed by atoms with Gasteiger partial charge in [-0.25, -0.2) is 4.99 Å². The zero-order chi connectivity index (χ0) is 18.8. The maximum Gasteiger partial charge on any atom is 0.292 e. The third kappa shape index (κ3) is 6.24. The Labute approximate surface area is 154 Å². The van der Waals surface area contributed by atoms with Crippen LogP contribution < -0.4 is 4.74 Å². The molecule has 5 nitrogen and oxygen atoms in total. The first kappa shape index (κ1) is 19.5. The maximum absolute atomic E-state index is 8.95. The van der Waals surface area contributed by atoms with Crippen LogP contribution >= 0.6 is 0 Å². The number of carbonyl (C=O) groups is 1. The maximum atomic E-state index is 8.95. The van der Waals surface area contributed by atoms with Gasteiger partial charge in [-0.3, -0.25) is 4.79 Å². The Morgan fingerprint density at radius 2 is 1.96 bits per heavy atom. The molecule has 0 aliphatic carbocycles. The van der Waals surface area contributed by atoms with Crippen LogP contribution in [-0.4, -0.2) is 32.1 Å². The van der Waals surface area contributed by atoms with E-state index in [0.29, 0.717) is 26.1 Å². The van der Waals surface area contributed by atoms with E-state index in [9.17, 15) is 0 Å². The molecule has 0 fully saturated rings. The number of aliphatic imine (C=N–C) groups is 1. The number of hydrogen-bond donors (Lipinski definition) is 0. The van der Waals surface area contributed by atoms with Crippen molar-refractivity contribution in [1.29, 1.82) is 0 Å². The highest BCUT2D eigenvalue weighted by Crippen LogP contribution is 2.23. The molecule has 5 heteroatoms. The van der Waals surface area contributed by atoms with E-state index in [1.165, 1.54) is 12.7 Å². The van der Waals surface area contributed by atoms with Gasteiger partial charge in [0.1, 0.15) is 19.0 Å². The van der Waals surface area contributed by atoms with E-state index in [2.05, 4.69) is 47.8 Å². The van der Waals surface area contributed by atoms with Gasteiger partial charge in [-0.05, 0) is 25.5 Å². The zero-order valence-electron chi connectivity index (χ0n) is 15.5. The predicted octanol–water partition coefficient (Wildman–Crippen LogP) is 3.72. The topological polar surface area (TPSA) is 57.1 Å². The molecular weight excluding hydrogens is 330 g/mol. The lowest BCUT2D eigenvalue weighted by molar-refractivity contribution is -0.126. The van der Waals surface area contributed by atoms with Gasteiger partial charge in [0.15, 0.2) is 5.90 Å². The number of nitrogens with zero attached hydrogens (tertiary/aromatic N) is 1. The molecule has 0 radical (unpaired) electrons. The standard InChI is InChI=1S/C19H21NO2.C2H4O2/c1-14-8-9-18(21-13-16-6-4-3-5-7-16)17(10-14)11-19-20-15(2)12-22-19;1-4-2-3/h3-10,15H,11-13H2,1-2H3;2H,1H3. The number of aryl methyl sites for hydroxylation is 1. The molecule has 1 aliphatic rings. The predicted molar refractivity (Wildman–Crippen MR) is 102 cm³/mol. The summed E-state index contributed by atoms with van der Waals surface area (Å²) in [6.45, 7) is 5.78. The molecule has 2 aromatic carbocycles. The van der Waals surface area contributed by atoms with Crippen LogP contribution in [0.15, 0.2) is 53.5 Å². The fourth-order valence-electron chi connectivity index (χ4n) is 2.52. The second-order valence-corrected chi connectivity index (χ2v) is 6.08. The van der Waals surface area contributed by atoms with Gasteiger partial charge in [0.25, 0.3) is 6.47 Å². The normalized spacial score (nSPS) is 15.2. The first-order valence-electron chi connectivity index (χ1n) is 8.54. The van der Waals surface area contributed by atoms with Crippen LogP contribution in [0, 0.1) is 6.92 Å². The number of ether oxygens (including phenoxy) is 3. The number of methoxy groups -OCH3 is 1. The van der Waals surface area contributed by atoms with Crippen LogP contribution in [0.2, 0.25) is 0 Å². The van der Waals surface area contributed by atoms with Crippen molar-refractivity contribution in [2.75, 3.05) is 13.7 Å². The molecule has 2 aromatic rings. The van der Waals surface area contributed by atoms with Gasteiger partial charge in [0.05, 0.1) is 19.6 Å². The van der Waals surface area contributed by atoms with Crippen molar-refractivity contribution in [3.63, 3.8) is 0 Å². The smallest absolute Gasteiger partial charge is 0.292 e. The van der Waals surface area contributed by atoms with Crippen molar-refractivity contribution in [2.24, 2.45) is 4.99 Å². The molecule has 138 valence electrons. The number of benzene rings is 2. The van der Waals surface area contributed by atoms with Gasteiger partial charge in [-0.2, -0.15) is 0 Å². The molecule has 1 unspecified atom stereocenters. The van der Waals surface area contributed by atoms with Crippen molar-refractivity contribution in [2.45, 2.75) is 32.9 Å². The fraction of sp³-hybridized carbons (Fsp3) is 0.333. The molecule has 0 saturated carbocycles. The monoisotopic (exact) mass is 355 g/mol. The van der Waals surface area contributed by atoms with Crippen LogP contribution in [0.3, 0.4) is 0 Å². The molecule has 3 rings (SSSR count). The summed E-state index contributed by atoms with van der Waals surface area (Å²) in [7, 11) is 1.31. The van der Waals surface area contributed by atoms with Gasteiger partial charge >= 0.3 is 0 Å². The van der Waals surface area contributed by atoms with Crippen molar-refractivity contribution >= 4 is 12.4 Å². The second-order valence-electron chi connectivity index (χ2n) is 6.08. The second kappa shape index (κ2) is 10.2. The van der Waals surface area contributed by atoms with Gasteiger partial charge in [-0.1, -0.05) is 48.0 Å². The average molecular weight is 355 g/mol. The van der Waals surface area contributed by atoms with Gasteiger partial charge < -0.3 is 14.2 Å². The highest BCUT2D eigenvalue weighted by Gasteiger charge is 2.16. The summed E-state index contributed by atoms with van der Waals surface area (Å²) in [4.78, 5) is 13.5. The molecule has 0 amide bonds. The van der Waals surface area contributed by atoms with E-state index >= 15 is 0 Å². The fourth-order valence-corrected chi connectivity index (χ4v) is 2.52. The summed E-state index contributed by atoms with van der Waals surface area (Å²) < 4.78 is 15.5. The Morgan fingerprint density at radius 3 is 2.58 bits per heavy atom. The molecular formula is C21H25NO4. The van der Waals surface area contributed by atoms with E-state index < -0.39 is 0 Å². The molecule has 0 bridgehead atoms. The van der Waals surface area contributed by atoms with Gasteiger partial charge in [0, 0.05) is 5.56 Å². The van der Waals surface area contributed by atoms with E-state index in [-0.39, 0.29) is 6.04 Å². The Bertz CT molecular complexity index is 728. The summed E-state index contributed by atoms with van der Waals surface area (Å²) in [5, 5.41) is 0. The Hall–Kier alpha value is -2.82. The molecule has 1 atom stereocenters. The van der Waals surface area contributed by atoms with Crippen molar-refractivity contribution in [3.8, 4) is 5.75 Å². The van der Waals surface area contributed by atoms with Crippen molar-refractivity contribution in [1.82, 2.24) is 0 Å². The third-order valence-corrected chi connectivity index (χ3v) is 3.75. The lowest BCUT2D eigenvalue weighted by Crippen LogP contribution is -2.06. The van der Waals surface area contributed by atoms with Crippen LogP contribution in [0.5, 0.6) is 5.75 Å². The molecule has 0 saturated heterocycles. The van der Waals surface area contributed by atoms with Crippen LogP contribution in [0.1, 0.15) is 23.6 Å². The number of rotatable bonds is 6. The molecule has 26 heavy (non-hydrogen) atoms. The highest BCUT2D eigenvalue weighted by molar-refractivity contribution is 5.80. The first-order chi connectivity index (χ1) is 12.6. The van der Waals surface area contributed by atoms with Crippen molar-refractivity contribution in [3.05, 3.63) is 65.2 Å².